The van der Waals surface area contributed by atoms with Gasteiger partial charge in [-0.2, -0.15) is 13.2 Å². The second-order valence-electron chi connectivity index (χ2n) is 7.53. The molecular formula is C20H24F3IN2O4. The molecule has 1 rings (SSSR count). The molecule has 0 saturated carbocycles. The van der Waals surface area contributed by atoms with Crippen molar-refractivity contribution in [2.75, 3.05) is 0 Å². The summed E-state index contributed by atoms with van der Waals surface area (Å²) in [7, 11) is 0. The standard InChI is InChI=1S/C20H24F3IN2O4/c1-12(24)10-15(17(28)30-19(2,3)4)25-16(27)14(26-18(29)20(21,22)23)11-13-8-6-5-7-9-13/h5-9,14-15H,1,10-11H2,2-4H3,(H,25,27)(H,26,29)/t14-,15+/m0/s1. The number of esters is 1. The molecule has 1 aromatic rings. The molecule has 1 aromatic carbocycles. The van der Waals surface area contributed by atoms with Crippen molar-refractivity contribution >= 4 is 40.4 Å². The number of amides is 2. The van der Waals surface area contributed by atoms with E-state index in [2.05, 4.69) is 11.9 Å². The number of ether oxygens (including phenoxy) is 1. The third-order valence-corrected chi connectivity index (χ3v) is 4.04. The highest BCUT2D eigenvalue weighted by molar-refractivity contribution is 14.1. The van der Waals surface area contributed by atoms with Gasteiger partial charge >= 0.3 is 18.1 Å². The molecule has 0 aromatic heterocycles. The number of rotatable bonds is 8. The minimum Gasteiger partial charge on any atom is -0.458 e. The van der Waals surface area contributed by atoms with Crippen molar-refractivity contribution in [2.24, 2.45) is 0 Å². The molecular weight excluding hydrogens is 516 g/mol. The van der Waals surface area contributed by atoms with Gasteiger partial charge in [-0.05, 0) is 52.5 Å². The predicted octanol–water partition coefficient (Wildman–Crippen LogP) is 3.44. The molecule has 0 unspecified atom stereocenters. The quantitative estimate of drug-likeness (QED) is 0.391. The van der Waals surface area contributed by atoms with E-state index >= 15 is 0 Å². The van der Waals surface area contributed by atoms with Gasteiger partial charge in [0.05, 0.1) is 0 Å². The molecule has 2 atom stereocenters. The molecule has 6 nitrogen and oxygen atoms in total. The van der Waals surface area contributed by atoms with Crippen molar-refractivity contribution < 1.29 is 32.3 Å². The molecule has 0 spiro atoms. The van der Waals surface area contributed by atoms with Crippen LogP contribution < -0.4 is 10.6 Å². The van der Waals surface area contributed by atoms with Gasteiger partial charge in [0.25, 0.3) is 0 Å². The summed E-state index contributed by atoms with van der Waals surface area (Å²) in [6.45, 7) is 8.61. The first-order valence-electron chi connectivity index (χ1n) is 8.97. The van der Waals surface area contributed by atoms with Crippen LogP contribution in [0.1, 0.15) is 32.8 Å². The largest absolute Gasteiger partial charge is 0.471 e. The Morgan fingerprint density at radius 1 is 1.07 bits per heavy atom. The number of hydrogen-bond acceptors (Lipinski definition) is 4. The van der Waals surface area contributed by atoms with Gasteiger partial charge in [0.2, 0.25) is 5.91 Å². The first-order valence-corrected chi connectivity index (χ1v) is 10.0. The van der Waals surface area contributed by atoms with Crippen molar-refractivity contribution in [3.05, 3.63) is 46.1 Å². The highest BCUT2D eigenvalue weighted by Crippen LogP contribution is 2.17. The zero-order valence-electron chi connectivity index (χ0n) is 16.8. The Kier molecular flexibility index (Phi) is 9.32. The van der Waals surface area contributed by atoms with Gasteiger partial charge in [-0.15, -0.1) is 0 Å². The third kappa shape index (κ3) is 9.59. The van der Waals surface area contributed by atoms with Crippen LogP contribution in [0.5, 0.6) is 0 Å². The summed E-state index contributed by atoms with van der Waals surface area (Å²) >= 11 is 1.87. The van der Waals surface area contributed by atoms with Crippen molar-refractivity contribution in [3.63, 3.8) is 0 Å². The van der Waals surface area contributed by atoms with Crippen LogP contribution in [0, 0.1) is 0 Å². The first-order chi connectivity index (χ1) is 13.7. The summed E-state index contributed by atoms with van der Waals surface area (Å²) in [6, 6.07) is 5.52. The number of carbonyl (C=O) groups is 3. The fraction of sp³-hybridized carbons (Fsp3) is 0.450. The average molecular weight is 540 g/mol. The smallest absolute Gasteiger partial charge is 0.458 e. The van der Waals surface area contributed by atoms with Gasteiger partial charge in [0, 0.05) is 12.8 Å². The van der Waals surface area contributed by atoms with Crippen molar-refractivity contribution in [3.8, 4) is 0 Å². The molecule has 166 valence electrons. The maximum absolute atomic E-state index is 12.7. The van der Waals surface area contributed by atoms with Crippen LogP contribution in [0.4, 0.5) is 13.2 Å². The topological polar surface area (TPSA) is 84.5 Å². The summed E-state index contributed by atoms with van der Waals surface area (Å²) in [4.78, 5) is 36.6. The lowest BCUT2D eigenvalue weighted by atomic mass is 10.0. The van der Waals surface area contributed by atoms with Crippen LogP contribution in [0.25, 0.3) is 0 Å². The third-order valence-electron chi connectivity index (χ3n) is 3.60. The Hall–Kier alpha value is -2.11. The average Bonchev–Trinajstić information content (AvgIpc) is 2.58. The van der Waals surface area contributed by atoms with E-state index < -0.39 is 41.6 Å². The summed E-state index contributed by atoms with van der Waals surface area (Å²) in [5, 5.41) is 4.09. The lowest BCUT2D eigenvalue weighted by Gasteiger charge is -2.26. The molecule has 2 N–H and O–H groups in total. The summed E-state index contributed by atoms with van der Waals surface area (Å²) < 4.78 is 44.0. The fourth-order valence-corrected chi connectivity index (χ4v) is 2.80. The minimum absolute atomic E-state index is 0.0203. The van der Waals surface area contributed by atoms with Crippen LogP contribution in [0.3, 0.4) is 0 Å². The molecule has 0 saturated heterocycles. The Morgan fingerprint density at radius 2 is 1.63 bits per heavy atom. The highest BCUT2D eigenvalue weighted by Gasteiger charge is 2.41. The van der Waals surface area contributed by atoms with Gasteiger partial charge in [0.1, 0.15) is 17.7 Å². The number of carbonyl (C=O) groups excluding carboxylic acids is 3. The minimum atomic E-state index is -5.16. The molecule has 30 heavy (non-hydrogen) atoms. The van der Waals surface area contributed by atoms with Crippen LogP contribution in [-0.2, 0) is 25.5 Å². The van der Waals surface area contributed by atoms with Crippen LogP contribution in [0.15, 0.2) is 40.5 Å². The fourth-order valence-electron chi connectivity index (χ4n) is 2.36. The summed E-state index contributed by atoms with van der Waals surface area (Å²) in [5.41, 5.74) is -0.298. The van der Waals surface area contributed by atoms with E-state index in [4.69, 9.17) is 4.74 Å². The van der Waals surface area contributed by atoms with E-state index in [1.54, 1.807) is 56.4 Å². The van der Waals surface area contributed by atoms with Crippen molar-refractivity contribution in [2.45, 2.75) is 57.5 Å². The van der Waals surface area contributed by atoms with Gasteiger partial charge < -0.3 is 15.4 Å². The number of benzene rings is 1. The molecule has 0 aliphatic carbocycles. The highest BCUT2D eigenvalue weighted by atomic mass is 127. The number of halogens is 4. The molecule has 2 amide bonds. The Balaban J connectivity index is 3.07. The van der Waals surface area contributed by atoms with Gasteiger partial charge in [-0.1, -0.05) is 36.9 Å². The lowest BCUT2D eigenvalue weighted by molar-refractivity contribution is -0.174. The summed E-state index contributed by atoms with van der Waals surface area (Å²) in [6.07, 6.45) is -5.33. The Bertz CT molecular complexity index is 776. The van der Waals surface area contributed by atoms with Crippen molar-refractivity contribution in [1.82, 2.24) is 10.6 Å². The maximum atomic E-state index is 12.7. The SMILES string of the molecule is C=C(I)C[C@@H](NC(=O)[C@H](Cc1ccccc1)NC(=O)C(F)(F)F)C(=O)OC(C)(C)C. The zero-order chi connectivity index (χ0) is 23.1. The first kappa shape index (κ1) is 25.9. The normalized spacial score (nSPS) is 13.7. The van der Waals surface area contributed by atoms with Gasteiger partial charge in [-0.3, -0.25) is 9.59 Å². The number of alkyl halides is 3. The van der Waals surface area contributed by atoms with E-state index in [0.29, 0.717) is 9.14 Å². The van der Waals surface area contributed by atoms with E-state index in [1.807, 2.05) is 22.6 Å². The Morgan fingerprint density at radius 3 is 2.10 bits per heavy atom. The molecule has 0 aliphatic heterocycles. The maximum Gasteiger partial charge on any atom is 0.471 e. The van der Waals surface area contributed by atoms with E-state index in [-0.39, 0.29) is 12.8 Å². The predicted molar refractivity (Wildman–Crippen MR) is 114 cm³/mol. The lowest BCUT2D eigenvalue weighted by Crippen LogP contribution is -2.55. The second-order valence-corrected chi connectivity index (χ2v) is 9.06. The van der Waals surface area contributed by atoms with Crippen molar-refractivity contribution in [1.29, 1.82) is 0 Å². The monoisotopic (exact) mass is 540 g/mol. The van der Waals surface area contributed by atoms with Gasteiger partial charge in [-0.25, -0.2) is 4.79 Å². The van der Waals surface area contributed by atoms with Crippen LogP contribution in [-0.4, -0.2) is 41.6 Å². The number of hydrogen-bond donors (Lipinski definition) is 2. The van der Waals surface area contributed by atoms with Crippen LogP contribution >= 0.6 is 22.6 Å². The Labute approximate surface area is 186 Å². The summed E-state index contributed by atoms with van der Waals surface area (Å²) in [5.74, 6) is -3.94. The molecule has 0 aliphatic rings. The number of nitrogens with one attached hydrogen (secondary N) is 2. The van der Waals surface area contributed by atoms with Gasteiger partial charge in [0.15, 0.2) is 0 Å². The van der Waals surface area contributed by atoms with E-state index in [1.165, 1.54) is 0 Å². The van der Waals surface area contributed by atoms with Crippen LogP contribution in [0.2, 0.25) is 0 Å². The molecule has 0 heterocycles. The van der Waals surface area contributed by atoms with E-state index in [9.17, 15) is 27.6 Å². The zero-order valence-corrected chi connectivity index (χ0v) is 19.0. The molecule has 10 heteroatoms. The molecule has 0 radical (unpaired) electrons. The second kappa shape index (κ2) is 10.8. The molecule has 0 bridgehead atoms. The molecule has 0 fully saturated rings. The van der Waals surface area contributed by atoms with E-state index in [0.717, 1.165) is 0 Å².